The molecule has 84 valence electrons. The van der Waals surface area contributed by atoms with Crippen molar-refractivity contribution in [1.82, 2.24) is 4.90 Å². The number of hydrogen-bond donors (Lipinski definition) is 0. The summed E-state index contributed by atoms with van der Waals surface area (Å²) in [7, 11) is 0. The van der Waals surface area contributed by atoms with Crippen molar-refractivity contribution in [1.29, 1.82) is 0 Å². The maximum atomic E-state index is 11.8. The first-order valence-electron chi connectivity index (χ1n) is 5.53. The average Bonchev–Trinajstić information content (AvgIpc) is 2.21. The van der Waals surface area contributed by atoms with Crippen molar-refractivity contribution in [3.8, 4) is 0 Å². The standard InChI is InChI=1S/C11H23NO2/c1-5-8-12(6-2)11(13)10(4)9-14-7-3/h10H,5-9H2,1-4H3. The fourth-order valence-electron chi connectivity index (χ4n) is 1.37. The predicted molar refractivity (Wildman–Crippen MR) is 58.2 cm³/mol. The molecule has 0 aliphatic rings. The second-order valence-corrected chi connectivity index (χ2v) is 3.48. The highest BCUT2D eigenvalue weighted by molar-refractivity contribution is 5.78. The molecule has 0 aliphatic carbocycles. The van der Waals surface area contributed by atoms with Gasteiger partial charge in [0.15, 0.2) is 0 Å². The van der Waals surface area contributed by atoms with Gasteiger partial charge in [0.25, 0.3) is 0 Å². The highest BCUT2D eigenvalue weighted by Gasteiger charge is 2.18. The van der Waals surface area contributed by atoms with Crippen LogP contribution in [-0.4, -0.2) is 37.1 Å². The Balaban J connectivity index is 3.99. The van der Waals surface area contributed by atoms with Crippen LogP contribution in [0.15, 0.2) is 0 Å². The smallest absolute Gasteiger partial charge is 0.227 e. The van der Waals surface area contributed by atoms with E-state index in [1.165, 1.54) is 0 Å². The van der Waals surface area contributed by atoms with Crippen LogP contribution in [0.25, 0.3) is 0 Å². The Kier molecular flexibility index (Phi) is 7.48. The summed E-state index contributed by atoms with van der Waals surface area (Å²) in [6.07, 6.45) is 1.01. The van der Waals surface area contributed by atoms with E-state index in [2.05, 4.69) is 6.92 Å². The van der Waals surface area contributed by atoms with E-state index in [9.17, 15) is 4.79 Å². The molecule has 1 atom stereocenters. The zero-order chi connectivity index (χ0) is 11.0. The molecule has 0 aromatic heterocycles. The van der Waals surface area contributed by atoms with Crippen LogP contribution in [0.3, 0.4) is 0 Å². The second-order valence-electron chi connectivity index (χ2n) is 3.48. The number of hydrogen-bond acceptors (Lipinski definition) is 2. The van der Waals surface area contributed by atoms with Crippen molar-refractivity contribution in [2.45, 2.75) is 34.1 Å². The molecule has 0 saturated heterocycles. The van der Waals surface area contributed by atoms with Gasteiger partial charge in [0, 0.05) is 19.7 Å². The minimum Gasteiger partial charge on any atom is -0.381 e. The molecule has 0 fully saturated rings. The first-order chi connectivity index (χ1) is 6.67. The highest BCUT2D eigenvalue weighted by atomic mass is 16.5. The van der Waals surface area contributed by atoms with Crippen molar-refractivity contribution in [2.24, 2.45) is 5.92 Å². The number of carbonyl (C=O) groups excluding carboxylic acids is 1. The molecule has 0 radical (unpaired) electrons. The molecule has 0 aromatic rings. The van der Waals surface area contributed by atoms with Crippen LogP contribution in [0.2, 0.25) is 0 Å². The van der Waals surface area contributed by atoms with Crippen LogP contribution in [0.1, 0.15) is 34.1 Å². The maximum Gasteiger partial charge on any atom is 0.227 e. The van der Waals surface area contributed by atoms with Crippen LogP contribution in [-0.2, 0) is 9.53 Å². The summed E-state index contributed by atoms with van der Waals surface area (Å²) in [5, 5.41) is 0. The van der Waals surface area contributed by atoms with Crippen molar-refractivity contribution < 1.29 is 9.53 Å². The van der Waals surface area contributed by atoms with Gasteiger partial charge in [-0.1, -0.05) is 13.8 Å². The van der Waals surface area contributed by atoms with Crippen molar-refractivity contribution in [2.75, 3.05) is 26.3 Å². The van der Waals surface area contributed by atoms with Crippen LogP contribution in [0, 0.1) is 5.92 Å². The zero-order valence-electron chi connectivity index (χ0n) is 9.88. The molecule has 0 spiro atoms. The number of ether oxygens (including phenoxy) is 1. The van der Waals surface area contributed by atoms with E-state index in [0.29, 0.717) is 13.2 Å². The average molecular weight is 201 g/mol. The van der Waals surface area contributed by atoms with E-state index in [1.54, 1.807) is 0 Å². The molecule has 0 rings (SSSR count). The van der Waals surface area contributed by atoms with Crippen LogP contribution >= 0.6 is 0 Å². The normalized spacial score (nSPS) is 12.6. The summed E-state index contributed by atoms with van der Waals surface area (Å²) >= 11 is 0. The van der Waals surface area contributed by atoms with Gasteiger partial charge in [-0.3, -0.25) is 4.79 Å². The number of amides is 1. The molecule has 1 unspecified atom stereocenters. The van der Waals surface area contributed by atoms with Gasteiger partial charge in [0.2, 0.25) is 5.91 Å². The van der Waals surface area contributed by atoms with Crippen LogP contribution in [0.4, 0.5) is 0 Å². The van der Waals surface area contributed by atoms with E-state index >= 15 is 0 Å². The lowest BCUT2D eigenvalue weighted by molar-refractivity contribution is -0.136. The lowest BCUT2D eigenvalue weighted by Crippen LogP contribution is -2.37. The molecule has 0 N–H and O–H groups in total. The quantitative estimate of drug-likeness (QED) is 0.630. The highest BCUT2D eigenvalue weighted by Crippen LogP contribution is 2.04. The monoisotopic (exact) mass is 201 g/mol. The summed E-state index contributed by atoms with van der Waals surface area (Å²) < 4.78 is 5.24. The Morgan fingerprint density at radius 3 is 2.43 bits per heavy atom. The molecular weight excluding hydrogens is 178 g/mol. The topological polar surface area (TPSA) is 29.5 Å². The van der Waals surface area contributed by atoms with Crippen molar-refractivity contribution >= 4 is 5.91 Å². The zero-order valence-corrected chi connectivity index (χ0v) is 9.88. The number of nitrogens with zero attached hydrogens (tertiary/aromatic N) is 1. The molecule has 3 heteroatoms. The third-order valence-corrected chi connectivity index (χ3v) is 2.18. The molecule has 0 saturated carbocycles. The molecule has 1 amide bonds. The summed E-state index contributed by atoms with van der Waals surface area (Å²) in [6.45, 7) is 10.8. The largest absolute Gasteiger partial charge is 0.381 e. The Morgan fingerprint density at radius 2 is 2.00 bits per heavy atom. The summed E-state index contributed by atoms with van der Waals surface area (Å²) in [5.74, 6) is 0.198. The Morgan fingerprint density at radius 1 is 1.36 bits per heavy atom. The van der Waals surface area contributed by atoms with Gasteiger partial charge in [-0.05, 0) is 20.3 Å². The van der Waals surface area contributed by atoms with Gasteiger partial charge in [0.1, 0.15) is 0 Å². The van der Waals surface area contributed by atoms with Gasteiger partial charge in [-0.25, -0.2) is 0 Å². The van der Waals surface area contributed by atoms with Gasteiger partial charge < -0.3 is 9.64 Å². The predicted octanol–water partition coefficient (Wildman–Crippen LogP) is 1.92. The molecule has 0 aliphatic heterocycles. The van der Waals surface area contributed by atoms with E-state index in [-0.39, 0.29) is 11.8 Å². The first-order valence-corrected chi connectivity index (χ1v) is 5.53. The van der Waals surface area contributed by atoms with E-state index < -0.39 is 0 Å². The Bertz CT molecular complexity index is 159. The summed E-state index contributed by atoms with van der Waals surface area (Å²) in [6, 6.07) is 0. The third kappa shape index (κ3) is 4.61. The van der Waals surface area contributed by atoms with Gasteiger partial charge >= 0.3 is 0 Å². The van der Waals surface area contributed by atoms with E-state index in [4.69, 9.17) is 4.74 Å². The Hall–Kier alpha value is -0.570. The molecule has 0 aromatic carbocycles. The lowest BCUT2D eigenvalue weighted by atomic mass is 10.1. The van der Waals surface area contributed by atoms with Gasteiger partial charge in [-0.2, -0.15) is 0 Å². The third-order valence-electron chi connectivity index (χ3n) is 2.18. The maximum absolute atomic E-state index is 11.8. The molecule has 0 bridgehead atoms. The van der Waals surface area contributed by atoms with Crippen LogP contribution < -0.4 is 0 Å². The van der Waals surface area contributed by atoms with Crippen LogP contribution in [0.5, 0.6) is 0 Å². The first kappa shape index (κ1) is 13.4. The van der Waals surface area contributed by atoms with E-state index in [0.717, 1.165) is 19.5 Å². The SMILES string of the molecule is CCCN(CC)C(=O)C(C)COCC. The Labute approximate surface area is 87.4 Å². The van der Waals surface area contributed by atoms with E-state index in [1.807, 2.05) is 25.7 Å². The van der Waals surface area contributed by atoms with Crippen molar-refractivity contribution in [3.63, 3.8) is 0 Å². The molecule has 14 heavy (non-hydrogen) atoms. The van der Waals surface area contributed by atoms with Gasteiger partial charge in [0.05, 0.1) is 12.5 Å². The second kappa shape index (κ2) is 7.80. The minimum absolute atomic E-state index is 0.0125. The van der Waals surface area contributed by atoms with Crippen molar-refractivity contribution in [3.05, 3.63) is 0 Å². The van der Waals surface area contributed by atoms with Gasteiger partial charge in [-0.15, -0.1) is 0 Å². The lowest BCUT2D eigenvalue weighted by Gasteiger charge is -2.23. The molecule has 0 heterocycles. The summed E-state index contributed by atoms with van der Waals surface area (Å²) in [5.41, 5.74) is 0. The number of carbonyl (C=O) groups is 1. The number of rotatable bonds is 7. The molecule has 3 nitrogen and oxygen atoms in total. The minimum atomic E-state index is -0.0125. The fraction of sp³-hybridized carbons (Fsp3) is 0.909. The molecular formula is C11H23NO2. The fourth-order valence-corrected chi connectivity index (χ4v) is 1.37. The summed E-state index contributed by atoms with van der Waals surface area (Å²) in [4.78, 5) is 13.7.